The smallest absolute Gasteiger partial charge is 0.170 e. The molecule has 0 N–H and O–H groups in total. The van der Waals surface area contributed by atoms with E-state index in [9.17, 15) is 4.79 Å². The largest absolute Gasteiger partial charge is 0.294 e. The van der Waals surface area contributed by atoms with Gasteiger partial charge in [-0.1, -0.05) is 23.2 Å². The van der Waals surface area contributed by atoms with Crippen LogP contribution in [-0.2, 0) is 4.79 Å². The molecule has 0 radical (unpaired) electrons. The minimum absolute atomic E-state index is 0.0331. The number of ketones is 1. The van der Waals surface area contributed by atoms with Crippen molar-refractivity contribution in [2.24, 2.45) is 0 Å². The lowest BCUT2D eigenvalue weighted by Gasteiger charge is -1.97. The van der Waals surface area contributed by atoms with Crippen LogP contribution in [0, 0.1) is 0 Å². The van der Waals surface area contributed by atoms with Crippen LogP contribution < -0.4 is 0 Å². The highest BCUT2D eigenvalue weighted by Gasteiger charge is 1.98. The van der Waals surface area contributed by atoms with Gasteiger partial charge in [-0.2, -0.15) is 0 Å². The number of benzene rings is 1. The third-order valence-electron chi connectivity index (χ3n) is 1.54. The molecule has 0 aromatic heterocycles. The van der Waals surface area contributed by atoms with Crippen molar-refractivity contribution in [3.63, 3.8) is 0 Å². The summed E-state index contributed by atoms with van der Waals surface area (Å²) in [5.74, 6) is -0.197. The number of carbonyl (C=O) groups excluding carboxylic acids is 1. The summed E-state index contributed by atoms with van der Waals surface area (Å²) in [6, 6.07) is 5.04. The number of alkyl halides is 1. The van der Waals surface area contributed by atoms with E-state index >= 15 is 0 Å². The summed E-state index contributed by atoms with van der Waals surface area (Å²) in [4.78, 5) is 10.9. The van der Waals surface area contributed by atoms with Gasteiger partial charge in [0, 0.05) is 10.0 Å². The van der Waals surface area contributed by atoms with Crippen molar-refractivity contribution in [3.8, 4) is 0 Å². The first-order valence-corrected chi connectivity index (χ1v) is 5.14. The molecule has 74 valence electrons. The fraction of sp³-hybridized carbons (Fsp3) is 0.100. The number of halogens is 3. The molecule has 0 amide bonds. The second-order valence-corrected chi connectivity index (χ2v) is 3.71. The third-order valence-corrected chi connectivity index (χ3v) is 2.38. The van der Waals surface area contributed by atoms with Gasteiger partial charge in [-0.25, -0.2) is 0 Å². The van der Waals surface area contributed by atoms with Gasteiger partial charge in [0.2, 0.25) is 0 Å². The van der Waals surface area contributed by atoms with Crippen molar-refractivity contribution in [2.45, 2.75) is 0 Å². The number of hydrogen-bond acceptors (Lipinski definition) is 1. The maximum Gasteiger partial charge on any atom is 0.170 e. The van der Waals surface area contributed by atoms with E-state index in [-0.39, 0.29) is 11.7 Å². The van der Waals surface area contributed by atoms with Crippen LogP contribution in [0.15, 0.2) is 24.3 Å². The minimum Gasteiger partial charge on any atom is -0.294 e. The summed E-state index contributed by atoms with van der Waals surface area (Å²) in [6.07, 6.45) is 2.98. The zero-order valence-electron chi connectivity index (χ0n) is 7.14. The molecule has 14 heavy (non-hydrogen) atoms. The normalized spacial score (nSPS) is 10.8. The van der Waals surface area contributed by atoms with E-state index in [0.29, 0.717) is 15.6 Å². The molecular weight excluding hydrogens is 242 g/mol. The Morgan fingerprint density at radius 3 is 2.71 bits per heavy atom. The van der Waals surface area contributed by atoms with Gasteiger partial charge >= 0.3 is 0 Å². The van der Waals surface area contributed by atoms with E-state index in [0.717, 1.165) is 0 Å². The molecule has 0 heterocycles. The number of hydrogen-bond donors (Lipinski definition) is 0. The molecule has 1 aromatic carbocycles. The molecule has 0 aliphatic rings. The Morgan fingerprint density at radius 1 is 1.36 bits per heavy atom. The first-order chi connectivity index (χ1) is 6.63. The molecule has 0 aliphatic heterocycles. The van der Waals surface area contributed by atoms with Crippen LogP contribution in [0.1, 0.15) is 5.56 Å². The molecule has 0 spiro atoms. The van der Waals surface area contributed by atoms with Crippen LogP contribution in [0.25, 0.3) is 6.08 Å². The van der Waals surface area contributed by atoms with Crippen LogP contribution in [0.3, 0.4) is 0 Å². The fourth-order valence-corrected chi connectivity index (χ4v) is 1.32. The molecule has 1 rings (SSSR count). The Hall–Kier alpha value is -0.500. The standard InChI is InChI=1S/C10H7Cl3O/c11-6-9(14)3-1-7-5-8(12)2-4-10(7)13/h1-5H,6H2/b3-1+. The summed E-state index contributed by atoms with van der Waals surface area (Å²) in [6.45, 7) is 0. The Balaban J connectivity index is 2.90. The molecule has 0 saturated heterocycles. The van der Waals surface area contributed by atoms with Crippen LogP contribution in [0.4, 0.5) is 0 Å². The lowest BCUT2D eigenvalue weighted by Crippen LogP contribution is -1.91. The summed E-state index contributed by atoms with van der Waals surface area (Å²) in [5, 5.41) is 1.13. The van der Waals surface area contributed by atoms with E-state index in [4.69, 9.17) is 34.8 Å². The molecule has 0 saturated carbocycles. The predicted octanol–water partition coefficient (Wildman–Crippen LogP) is 3.81. The first kappa shape index (κ1) is 11.6. The molecule has 1 aromatic rings. The predicted molar refractivity (Wildman–Crippen MR) is 61.2 cm³/mol. The molecule has 0 aliphatic carbocycles. The van der Waals surface area contributed by atoms with Gasteiger partial charge in [0.25, 0.3) is 0 Å². The van der Waals surface area contributed by atoms with Gasteiger partial charge < -0.3 is 0 Å². The van der Waals surface area contributed by atoms with E-state index < -0.39 is 0 Å². The quantitative estimate of drug-likeness (QED) is 0.588. The average Bonchev–Trinajstić information content (AvgIpc) is 2.19. The van der Waals surface area contributed by atoms with Crippen LogP contribution in [-0.4, -0.2) is 11.7 Å². The average molecular weight is 250 g/mol. The van der Waals surface area contributed by atoms with Gasteiger partial charge in [-0.3, -0.25) is 4.79 Å². The van der Waals surface area contributed by atoms with E-state index in [1.165, 1.54) is 6.08 Å². The highest BCUT2D eigenvalue weighted by molar-refractivity contribution is 6.34. The number of carbonyl (C=O) groups is 1. The van der Waals surface area contributed by atoms with Crippen molar-refractivity contribution >= 4 is 46.7 Å². The molecule has 0 unspecified atom stereocenters. The second kappa shape index (κ2) is 5.40. The topological polar surface area (TPSA) is 17.1 Å². The highest BCUT2D eigenvalue weighted by atomic mass is 35.5. The SMILES string of the molecule is O=C(/C=C/c1cc(Cl)ccc1Cl)CCl. The van der Waals surface area contributed by atoms with Crippen molar-refractivity contribution < 1.29 is 4.79 Å². The Kier molecular flexibility index (Phi) is 4.46. The number of allylic oxidation sites excluding steroid dienone is 1. The molecule has 0 fully saturated rings. The fourth-order valence-electron chi connectivity index (χ4n) is 0.870. The van der Waals surface area contributed by atoms with E-state index in [1.807, 2.05) is 0 Å². The van der Waals surface area contributed by atoms with Gasteiger partial charge in [0.15, 0.2) is 5.78 Å². The first-order valence-electron chi connectivity index (χ1n) is 3.85. The van der Waals surface area contributed by atoms with Gasteiger partial charge in [0.05, 0.1) is 5.88 Å². The van der Waals surface area contributed by atoms with Crippen molar-refractivity contribution in [3.05, 3.63) is 39.9 Å². The third kappa shape index (κ3) is 3.33. The summed E-state index contributed by atoms with van der Waals surface area (Å²) in [5.41, 5.74) is 0.706. The lowest BCUT2D eigenvalue weighted by molar-refractivity contribution is -0.112. The second-order valence-electron chi connectivity index (χ2n) is 2.60. The monoisotopic (exact) mass is 248 g/mol. The summed E-state index contributed by atoms with van der Waals surface area (Å²) in [7, 11) is 0. The molecule has 4 heteroatoms. The van der Waals surface area contributed by atoms with Crippen molar-refractivity contribution in [1.82, 2.24) is 0 Å². The van der Waals surface area contributed by atoms with E-state index in [2.05, 4.69) is 0 Å². The van der Waals surface area contributed by atoms with Crippen LogP contribution >= 0.6 is 34.8 Å². The van der Waals surface area contributed by atoms with Gasteiger partial charge in [0.1, 0.15) is 0 Å². The van der Waals surface area contributed by atoms with Crippen LogP contribution in [0.2, 0.25) is 10.0 Å². The van der Waals surface area contributed by atoms with Crippen LogP contribution in [0.5, 0.6) is 0 Å². The zero-order valence-corrected chi connectivity index (χ0v) is 9.40. The van der Waals surface area contributed by atoms with Gasteiger partial charge in [-0.05, 0) is 35.9 Å². The van der Waals surface area contributed by atoms with Crippen molar-refractivity contribution in [1.29, 1.82) is 0 Å². The maximum absolute atomic E-state index is 10.9. The Bertz CT molecular complexity index is 372. The van der Waals surface area contributed by atoms with Crippen molar-refractivity contribution in [2.75, 3.05) is 5.88 Å². The Labute approximate surface area is 97.3 Å². The highest BCUT2D eigenvalue weighted by Crippen LogP contribution is 2.21. The number of rotatable bonds is 3. The Morgan fingerprint density at radius 2 is 2.07 bits per heavy atom. The summed E-state index contributed by atoms with van der Waals surface area (Å²) < 4.78 is 0. The lowest BCUT2D eigenvalue weighted by atomic mass is 10.2. The van der Waals surface area contributed by atoms with E-state index in [1.54, 1.807) is 24.3 Å². The zero-order chi connectivity index (χ0) is 10.6. The van der Waals surface area contributed by atoms with Gasteiger partial charge in [-0.15, -0.1) is 11.6 Å². The molecule has 0 bridgehead atoms. The molecule has 0 atom stereocenters. The molecular formula is C10H7Cl3O. The summed E-state index contributed by atoms with van der Waals surface area (Å²) >= 11 is 17.0. The minimum atomic E-state index is -0.164. The maximum atomic E-state index is 10.9. The molecule has 1 nitrogen and oxygen atoms in total.